The van der Waals surface area contributed by atoms with Crippen molar-refractivity contribution < 1.29 is 22.7 Å². The average molecular weight is 198 g/mol. The third-order valence-corrected chi connectivity index (χ3v) is 1.98. The highest BCUT2D eigenvalue weighted by atomic mass is 19.4. The Morgan fingerprint density at radius 2 is 1.62 bits per heavy atom. The van der Waals surface area contributed by atoms with Gasteiger partial charge in [-0.15, -0.1) is 0 Å². The van der Waals surface area contributed by atoms with E-state index in [1.807, 2.05) is 0 Å². The summed E-state index contributed by atoms with van der Waals surface area (Å²) in [5, 5.41) is 0. The summed E-state index contributed by atoms with van der Waals surface area (Å²) in [4.78, 5) is 10.4. The minimum atomic E-state index is -4.91. The van der Waals surface area contributed by atoms with Crippen LogP contribution in [0, 0.1) is 5.92 Å². The predicted octanol–water partition coefficient (Wildman–Crippen LogP) is 2.53. The van der Waals surface area contributed by atoms with Gasteiger partial charge in [0.05, 0.1) is 0 Å². The van der Waals surface area contributed by atoms with E-state index in [1.54, 1.807) is 13.8 Å². The molecule has 0 aromatic heterocycles. The molecule has 0 atom stereocenters. The molecule has 0 rings (SSSR count). The van der Waals surface area contributed by atoms with E-state index in [9.17, 15) is 18.0 Å². The maximum absolute atomic E-state index is 11.8. The summed E-state index contributed by atoms with van der Waals surface area (Å²) in [7, 11) is 0. The molecule has 78 valence electrons. The fraction of sp³-hybridized carbons (Fsp3) is 0.875. The molecule has 0 saturated carbocycles. The zero-order chi connectivity index (χ0) is 10.9. The van der Waals surface area contributed by atoms with Gasteiger partial charge in [-0.2, -0.15) is 13.2 Å². The number of hydrogen-bond donors (Lipinski definition) is 0. The summed E-state index contributed by atoms with van der Waals surface area (Å²) in [6, 6.07) is 0. The molecule has 13 heavy (non-hydrogen) atoms. The van der Waals surface area contributed by atoms with Gasteiger partial charge in [0.2, 0.25) is 0 Å². The first-order valence-corrected chi connectivity index (χ1v) is 3.87. The quantitative estimate of drug-likeness (QED) is 0.637. The summed E-state index contributed by atoms with van der Waals surface area (Å²) < 4.78 is 39.6. The van der Waals surface area contributed by atoms with Crippen LogP contribution in [0.4, 0.5) is 13.2 Å². The van der Waals surface area contributed by atoms with Gasteiger partial charge in [-0.05, 0) is 19.8 Å². The van der Waals surface area contributed by atoms with Crippen LogP contribution in [-0.4, -0.2) is 17.7 Å². The number of rotatable bonds is 2. The molecule has 0 fully saturated rings. The lowest BCUT2D eigenvalue weighted by atomic mass is 9.95. The molecule has 0 aliphatic rings. The number of esters is 1. The Kier molecular flexibility index (Phi) is 3.35. The first-order valence-electron chi connectivity index (χ1n) is 3.87. The third-order valence-electron chi connectivity index (χ3n) is 1.98. The van der Waals surface area contributed by atoms with E-state index in [0.29, 0.717) is 0 Å². The van der Waals surface area contributed by atoms with Crippen molar-refractivity contribution >= 4 is 5.97 Å². The molecule has 5 heteroatoms. The second-order valence-electron chi connectivity index (χ2n) is 3.65. The molecule has 0 radical (unpaired) electrons. The average Bonchev–Trinajstić information content (AvgIpc) is 1.83. The van der Waals surface area contributed by atoms with Crippen LogP contribution in [0.5, 0.6) is 0 Å². The van der Waals surface area contributed by atoms with E-state index in [-0.39, 0.29) is 5.92 Å². The number of ether oxygens (including phenoxy) is 1. The topological polar surface area (TPSA) is 26.3 Å². The van der Waals surface area contributed by atoms with Crippen LogP contribution in [0.1, 0.15) is 27.7 Å². The van der Waals surface area contributed by atoms with E-state index < -0.39 is 17.7 Å². The van der Waals surface area contributed by atoms with Crippen molar-refractivity contribution in [3.8, 4) is 0 Å². The minimum Gasteiger partial charge on any atom is -0.453 e. The Morgan fingerprint density at radius 3 is 1.85 bits per heavy atom. The highest BCUT2D eigenvalue weighted by molar-refractivity contribution is 5.76. The molecular formula is C8H13F3O2. The summed E-state index contributed by atoms with van der Waals surface area (Å²) >= 11 is 0. The van der Waals surface area contributed by atoms with Gasteiger partial charge in [0, 0.05) is 0 Å². The summed E-state index contributed by atoms with van der Waals surface area (Å²) in [5.41, 5.74) is -1.09. The lowest BCUT2D eigenvalue weighted by Gasteiger charge is -2.29. The maximum atomic E-state index is 11.8. The van der Waals surface area contributed by atoms with Crippen molar-refractivity contribution in [3.63, 3.8) is 0 Å². The number of alkyl halides is 3. The Morgan fingerprint density at radius 1 is 1.23 bits per heavy atom. The monoisotopic (exact) mass is 198 g/mol. The van der Waals surface area contributed by atoms with E-state index in [0.717, 1.165) is 0 Å². The fourth-order valence-corrected chi connectivity index (χ4v) is 0.415. The van der Waals surface area contributed by atoms with Gasteiger partial charge in [0.1, 0.15) is 5.60 Å². The summed E-state index contributed by atoms with van der Waals surface area (Å²) in [6.07, 6.45) is -4.91. The molecule has 0 aromatic carbocycles. The van der Waals surface area contributed by atoms with Crippen molar-refractivity contribution in [2.45, 2.75) is 39.5 Å². The van der Waals surface area contributed by atoms with Gasteiger partial charge in [0.15, 0.2) is 0 Å². The smallest absolute Gasteiger partial charge is 0.453 e. The van der Waals surface area contributed by atoms with Gasteiger partial charge in [-0.25, -0.2) is 4.79 Å². The van der Waals surface area contributed by atoms with E-state index in [4.69, 9.17) is 0 Å². The second kappa shape index (κ2) is 3.55. The van der Waals surface area contributed by atoms with Crippen LogP contribution >= 0.6 is 0 Å². The number of carbonyl (C=O) groups excluding carboxylic acids is 1. The highest BCUT2D eigenvalue weighted by Crippen LogP contribution is 2.25. The molecule has 2 nitrogen and oxygen atoms in total. The Balaban J connectivity index is 4.38. The normalized spacial score (nSPS) is 13.2. The van der Waals surface area contributed by atoms with Crippen LogP contribution in [-0.2, 0) is 9.53 Å². The van der Waals surface area contributed by atoms with Gasteiger partial charge in [-0.1, -0.05) is 13.8 Å². The molecule has 0 aliphatic carbocycles. The predicted molar refractivity (Wildman–Crippen MR) is 41.1 cm³/mol. The molecular weight excluding hydrogens is 185 g/mol. The number of halogens is 3. The van der Waals surface area contributed by atoms with Crippen molar-refractivity contribution in [2.75, 3.05) is 0 Å². The standard InChI is InChI=1S/C8H13F3O2/c1-5(2)7(3,4)13-6(12)8(9,10)11/h5H,1-4H3. The number of carbonyl (C=O) groups is 1. The first-order chi connectivity index (χ1) is 5.57. The van der Waals surface area contributed by atoms with Gasteiger partial charge in [-0.3, -0.25) is 0 Å². The van der Waals surface area contributed by atoms with Crippen molar-refractivity contribution in [3.05, 3.63) is 0 Å². The van der Waals surface area contributed by atoms with Gasteiger partial charge < -0.3 is 4.74 Å². The van der Waals surface area contributed by atoms with Crippen molar-refractivity contribution in [1.82, 2.24) is 0 Å². The number of hydrogen-bond acceptors (Lipinski definition) is 2. The molecule has 0 aliphatic heterocycles. The minimum absolute atomic E-state index is 0.168. The third kappa shape index (κ3) is 3.65. The largest absolute Gasteiger partial charge is 0.490 e. The first kappa shape index (κ1) is 12.3. The molecule has 0 heterocycles. The Hall–Kier alpha value is -0.740. The molecule has 0 aromatic rings. The Bertz CT molecular complexity index is 194. The summed E-state index contributed by atoms with van der Waals surface area (Å²) in [6.45, 7) is 6.26. The van der Waals surface area contributed by atoms with E-state index >= 15 is 0 Å². The van der Waals surface area contributed by atoms with Crippen LogP contribution in [0.25, 0.3) is 0 Å². The lowest BCUT2D eigenvalue weighted by molar-refractivity contribution is -0.214. The van der Waals surface area contributed by atoms with Crippen LogP contribution < -0.4 is 0 Å². The van der Waals surface area contributed by atoms with Crippen molar-refractivity contribution in [2.24, 2.45) is 5.92 Å². The molecule has 0 unspecified atom stereocenters. The fourth-order valence-electron chi connectivity index (χ4n) is 0.415. The van der Waals surface area contributed by atoms with Crippen LogP contribution in [0.3, 0.4) is 0 Å². The Labute approximate surface area is 75.1 Å². The molecule has 0 N–H and O–H groups in total. The SMILES string of the molecule is CC(C)C(C)(C)OC(=O)C(F)(F)F. The second-order valence-corrected chi connectivity index (χ2v) is 3.65. The molecule has 0 spiro atoms. The zero-order valence-corrected chi connectivity index (χ0v) is 8.03. The molecule has 0 saturated heterocycles. The zero-order valence-electron chi connectivity index (χ0n) is 8.03. The van der Waals surface area contributed by atoms with E-state index in [1.165, 1.54) is 13.8 Å². The van der Waals surface area contributed by atoms with Gasteiger partial charge >= 0.3 is 12.1 Å². The molecule has 0 bridgehead atoms. The maximum Gasteiger partial charge on any atom is 0.490 e. The van der Waals surface area contributed by atoms with Crippen LogP contribution in [0.2, 0.25) is 0 Å². The van der Waals surface area contributed by atoms with Crippen LogP contribution in [0.15, 0.2) is 0 Å². The molecule has 0 amide bonds. The van der Waals surface area contributed by atoms with Gasteiger partial charge in [0.25, 0.3) is 0 Å². The highest BCUT2D eigenvalue weighted by Gasteiger charge is 2.44. The van der Waals surface area contributed by atoms with E-state index in [2.05, 4.69) is 4.74 Å². The van der Waals surface area contributed by atoms with Crippen molar-refractivity contribution in [1.29, 1.82) is 0 Å². The lowest BCUT2D eigenvalue weighted by Crippen LogP contribution is -2.39. The summed E-state index contributed by atoms with van der Waals surface area (Å²) in [5.74, 6) is -2.30.